The Labute approximate surface area is 217 Å². The maximum absolute atomic E-state index is 14.2. The summed E-state index contributed by atoms with van der Waals surface area (Å²) >= 11 is 0. The quantitative estimate of drug-likeness (QED) is 0.228. The molecule has 1 unspecified atom stereocenters. The van der Waals surface area contributed by atoms with Crippen LogP contribution in [0.15, 0.2) is 52.2 Å². The fourth-order valence-corrected chi connectivity index (χ4v) is 5.55. The van der Waals surface area contributed by atoms with Gasteiger partial charge in [-0.15, -0.1) is 0 Å². The third-order valence-electron chi connectivity index (χ3n) is 5.74. The molecule has 1 aromatic carbocycles. The van der Waals surface area contributed by atoms with E-state index in [0.29, 0.717) is 0 Å². The molecule has 1 aromatic heterocycles. The largest absolute Gasteiger partial charge is 0.462 e. The number of esters is 1. The monoisotopic (exact) mass is 558 g/mol. The van der Waals surface area contributed by atoms with Crippen molar-refractivity contribution in [2.24, 2.45) is 5.73 Å². The maximum atomic E-state index is 14.2. The molecular formula is C23H32FN4O9P. The summed E-state index contributed by atoms with van der Waals surface area (Å²) in [6.45, 7) is 4.74. The van der Waals surface area contributed by atoms with Crippen molar-refractivity contribution in [1.82, 2.24) is 14.6 Å². The number of hydrogen-bond acceptors (Lipinski definition) is 10. The van der Waals surface area contributed by atoms with E-state index in [-0.39, 0.29) is 5.75 Å². The molecule has 1 aliphatic heterocycles. The van der Waals surface area contributed by atoms with Gasteiger partial charge in [-0.25, -0.2) is 13.8 Å². The summed E-state index contributed by atoms with van der Waals surface area (Å²) in [5.41, 5.74) is 2.37. The number of nitrogens with two attached hydrogens (primary N) is 1. The minimum atomic E-state index is -4.38. The zero-order valence-electron chi connectivity index (χ0n) is 21.3. The summed E-state index contributed by atoms with van der Waals surface area (Å²) in [6.07, 6.45) is -5.37. The molecule has 0 spiro atoms. The predicted molar refractivity (Wildman–Crippen MR) is 133 cm³/mol. The maximum Gasteiger partial charge on any atom is 0.459 e. The van der Waals surface area contributed by atoms with Crippen LogP contribution < -0.4 is 26.6 Å². The van der Waals surface area contributed by atoms with Crippen LogP contribution in [0.4, 0.5) is 4.39 Å². The van der Waals surface area contributed by atoms with Crippen molar-refractivity contribution in [3.8, 4) is 5.75 Å². The van der Waals surface area contributed by atoms with Crippen LogP contribution in [0.2, 0.25) is 0 Å². The van der Waals surface area contributed by atoms with Gasteiger partial charge in [-0.3, -0.25) is 23.7 Å². The number of hydrogen-bond donors (Lipinski definition) is 4. The van der Waals surface area contributed by atoms with Crippen LogP contribution in [0.1, 0.15) is 33.9 Å². The number of H-pyrrole nitrogens is 1. The zero-order valence-corrected chi connectivity index (χ0v) is 22.2. The summed E-state index contributed by atoms with van der Waals surface area (Å²) < 4.78 is 51.0. The van der Waals surface area contributed by atoms with Crippen molar-refractivity contribution in [3.05, 3.63) is 63.4 Å². The Hall–Kier alpha value is -2.87. The number of aromatic nitrogens is 2. The Morgan fingerprint density at radius 3 is 2.50 bits per heavy atom. The number of halogens is 1. The number of benzene rings is 1. The number of rotatable bonds is 11. The summed E-state index contributed by atoms with van der Waals surface area (Å²) in [5.74, 6) is -0.580. The van der Waals surface area contributed by atoms with E-state index in [4.69, 9.17) is 24.3 Å². The van der Waals surface area contributed by atoms with Gasteiger partial charge >= 0.3 is 19.4 Å². The van der Waals surface area contributed by atoms with Gasteiger partial charge in [0.1, 0.15) is 36.2 Å². The molecule has 0 radical (unpaired) electrons. The summed E-state index contributed by atoms with van der Waals surface area (Å²) in [7, 11) is -4.38. The van der Waals surface area contributed by atoms with Crippen molar-refractivity contribution in [1.29, 1.82) is 0 Å². The normalized spacial score (nSPS) is 26.5. The molecule has 0 saturated carbocycles. The summed E-state index contributed by atoms with van der Waals surface area (Å²) in [4.78, 5) is 38.2. The Kier molecular flexibility index (Phi) is 9.29. The lowest BCUT2D eigenvalue weighted by molar-refractivity contribution is -0.149. The van der Waals surface area contributed by atoms with Crippen LogP contribution in [0.25, 0.3) is 0 Å². The SMILES string of the molecule is CC(C)OC(=O)[C@H](C)N[P@](=O)(Oc1ccccc1)O[C@H](C)[C@H]1O[C@@H](n2ccc(=O)[nH]c2=O)[C@@](N)(CF)C1O. The van der Waals surface area contributed by atoms with Gasteiger partial charge in [0, 0.05) is 12.3 Å². The van der Waals surface area contributed by atoms with E-state index in [1.165, 1.54) is 26.0 Å². The number of alkyl halides is 1. The second kappa shape index (κ2) is 11.9. The van der Waals surface area contributed by atoms with Crippen molar-refractivity contribution in [3.63, 3.8) is 0 Å². The fraction of sp³-hybridized carbons (Fsp3) is 0.522. The average molecular weight is 559 g/mol. The van der Waals surface area contributed by atoms with Crippen LogP contribution >= 0.6 is 7.75 Å². The second-order valence-electron chi connectivity index (χ2n) is 9.21. The van der Waals surface area contributed by atoms with Crippen LogP contribution in [0.5, 0.6) is 5.75 Å². The molecule has 13 nitrogen and oxygen atoms in total. The molecule has 5 N–H and O–H groups in total. The lowest BCUT2D eigenvalue weighted by Crippen LogP contribution is -2.58. The summed E-state index contributed by atoms with van der Waals surface area (Å²) in [6, 6.07) is 7.84. The third kappa shape index (κ3) is 6.57. The van der Waals surface area contributed by atoms with E-state index >= 15 is 0 Å². The average Bonchev–Trinajstić information content (AvgIpc) is 3.10. The van der Waals surface area contributed by atoms with E-state index in [0.717, 1.165) is 16.8 Å². The lowest BCUT2D eigenvalue weighted by atomic mass is 9.91. The Morgan fingerprint density at radius 2 is 1.92 bits per heavy atom. The highest BCUT2D eigenvalue weighted by Crippen LogP contribution is 2.48. The van der Waals surface area contributed by atoms with E-state index in [2.05, 4.69) is 5.09 Å². The van der Waals surface area contributed by atoms with Gasteiger partial charge in [0.15, 0.2) is 6.23 Å². The minimum Gasteiger partial charge on any atom is -0.462 e. The number of carbonyl (C=O) groups is 1. The predicted octanol–water partition coefficient (Wildman–Crippen LogP) is 0.984. The number of carbonyl (C=O) groups excluding carboxylic acids is 1. The molecular weight excluding hydrogens is 526 g/mol. The molecule has 210 valence electrons. The first-order valence-corrected chi connectivity index (χ1v) is 13.3. The third-order valence-corrected chi connectivity index (χ3v) is 7.50. The molecule has 1 aliphatic rings. The van der Waals surface area contributed by atoms with Crippen LogP contribution in [0.3, 0.4) is 0 Å². The van der Waals surface area contributed by atoms with Gasteiger partial charge in [-0.2, -0.15) is 5.09 Å². The zero-order chi connectivity index (χ0) is 28.3. The molecule has 1 fully saturated rings. The Morgan fingerprint density at radius 1 is 1.26 bits per heavy atom. The number of aliphatic hydroxyl groups is 1. The number of nitrogens with one attached hydrogen (secondary N) is 2. The van der Waals surface area contributed by atoms with Crippen molar-refractivity contribution >= 4 is 13.7 Å². The highest BCUT2D eigenvalue weighted by atomic mass is 31.2. The molecule has 3 rings (SSSR count). The Bertz CT molecular complexity index is 1270. The first kappa shape index (κ1) is 29.7. The van der Waals surface area contributed by atoms with Crippen molar-refractivity contribution in [2.75, 3.05) is 6.67 Å². The van der Waals surface area contributed by atoms with Crippen LogP contribution in [-0.4, -0.2) is 63.3 Å². The molecule has 15 heteroatoms. The van der Waals surface area contributed by atoms with Crippen LogP contribution in [-0.2, 0) is 23.4 Å². The number of para-hydroxylation sites is 1. The van der Waals surface area contributed by atoms with Crippen molar-refractivity contribution < 1.29 is 37.4 Å². The molecule has 38 heavy (non-hydrogen) atoms. The van der Waals surface area contributed by atoms with Gasteiger partial charge in [0.25, 0.3) is 5.56 Å². The van der Waals surface area contributed by atoms with E-state index < -0.39 is 73.9 Å². The van der Waals surface area contributed by atoms with E-state index in [9.17, 15) is 28.4 Å². The molecule has 7 atom stereocenters. The highest BCUT2D eigenvalue weighted by molar-refractivity contribution is 7.52. The van der Waals surface area contributed by atoms with Gasteiger partial charge in [-0.1, -0.05) is 18.2 Å². The number of ether oxygens (including phenoxy) is 2. The van der Waals surface area contributed by atoms with Crippen LogP contribution in [0, 0.1) is 0 Å². The first-order valence-electron chi connectivity index (χ1n) is 11.8. The topological polar surface area (TPSA) is 184 Å². The van der Waals surface area contributed by atoms with Crippen molar-refractivity contribution in [2.45, 2.75) is 69.9 Å². The van der Waals surface area contributed by atoms with Gasteiger partial charge in [0.2, 0.25) is 0 Å². The van der Waals surface area contributed by atoms with E-state index in [1.54, 1.807) is 32.0 Å². The second-order valence-corrected chi connectivity index (χ2v) is 10.9. The molecule has 0 bridgehead atoms. The lowest BCUT2D eigenvalue weighted by Gasteiger charge is -2.31. The van der Waals surface area contributed by atoms with Gasteiger partial charge in [-0.05, 0) is 39.8 Å². The van der Waals surface area contributed by atoms with Gasteiger partial charge in [0.05, 0.1) is 12.2 Å². The molecule has 2 heterocycles. The molecule has 0 amide bonds. The Balaban J connectivity index is 1.89. The minimum absolute atomic E-state index is 0.141. The number of aliphatic hydroxyl groups excluding tert-OH is 1. The molecule has 0 aliphatic carbocycles. The first-order chi connectivity index (χ1) is 17.8. The summed E-state index contributed by atoms with van der Waals surface area (Å²) in [5, 5.41) is 13.4. The van der Waals surface area contributed by atoms with Gasteiger partial charge < -0.3 is 24.8 Å². The smallest absolute Gasteiger partial charge is 0.459 e. The molecule has 2 aromatic rings. The van der Waals surface area contributed by atoms with E-state index in [1.807, 2.05) is 4.98 Å². The molecule has 1 saturated heterocycles. The number of nitrogens with zero attached hydrogens (tertiary/aromatic N) is 1. The highest BCUT2D eigenvalue weighted by Gasteiger charge is 2.57. The number of aromatic amines is 1. The standard InChI is InChI=1S/C23H32FN4O9P/c1-13(2)34-20(31)14(3)27-38(33,37-16-8-6-5-7-9-16)36-15(4)18-19(30)23(25,12-24)21(35-18)28-11-10-17(29)26-22(28)32/h5-11,13-15,18-19,21,30H,12,25H2,1-4H3,(H,27,33)(H,26,29,32)/t14-,15+,18+,19?,21+,23+,38+/m0/s1. The fourth-order valence-electron chi connectivity index (χ4n) is 3.85.